The molecule has 4 rings (SSSR count). The second kappa shape index (κ2) is 7.57. The maximum atomic E-state index is 13.2. The van der Waals surface area contributed by atoms with Gasteiger partial charge < -0.3 is 20.1 Å². The number of carboxylic acids is 1. The number of fused-ring (bicyclic) bond motifs is 1. The van der Waals surface area contributed by atoms with Gasteiger partial charge in [0.25, 0.3) is 5.91 Å². The summed E-state index contributed by atoms with van der Waals surface area (Å²) < 4.78 is 7.15. The molecule has 0 unspecified atom stereocenters. The first-order valence-corrected chi connectivity index (χ1v) is 10.4. The average molecular weight is 442 g/mol. The largest absolute Gasteiger partial charge is 0.478 e. The third-order valence-electron chi connectivity index (χ3n) is 5.54. The quantitative estimate of drug-likeness (QED) is 0.728. The highest BCUT2D eigenvalue weighted by Crippen LogP contribution is 2.44. The summed E-state index contributed by atoms with van der Waals surface area (Å²) in [6.45, 7) is 6.14. The molecular formula is C21H26N6O5. The molecule has 2 aromatic rings. The Morgan fingerprint density at radius 2 is 1.84 bits per heavy atom. The molecule has 0 bridgehead atoms. The summed E-state index contributed by atoms with van der Waals surface area (Å²) >= 11 is 0. The van der Waals surface area contributed by atoms with Crippen LogP contribution in [0.1, 0.15) is 71.5 Å². The Morgan fingerprint density at radius 3 is 2.41 bits per heavy atom. The summed E-state index contributed by atoms with van der Waals surface area (Å²) in [5, 5.41) is 16.4. The van der Waals surface area contributed by atoms with E-state index in [2.05, 4.69) is 20.4 Å². The molecule has 0 saturated heterocycles. The minimum absolute atomic E-state index is 0.0168. The Morgan fingerprint density at radius 1 is 1.19 bits per heavy atom. The lowest BCUT2D eigenvalue weighted by atomic mass is 10.0. The van der Waals surface area contributed by atoms with Gasteiger partial charge in [-0.05, 0) is 33.6 Å². The molecule has 170 valence electrons. The molecule has 1 aliphatic carbocycles. The van der Waals surface area contributed by atoms with Gasteiger partial charge in [-0.1, -0.05) is 0 Å². The number of hydrogen-bond acceptors (Lipinski definition) is 7. The van der Waals surface area contributed by atoms with Gasteiger partial charge in [0.05, 0.1) is 12.1 Å². The summed E-state index contributed by atoms with van der Waals surface area (Å²) in [4.78, 5) is 46.6. The third kappa shape index (κ3) is 4.14. The fourth-order valence-corrected chi connectivity index (χ4v) is 3.75. The van der Waals surface area contributed by atoms with Crippen molar-refractivity contribution in [1.82, 2.24) is 30.0 Å². The molecule has 0 atom stereocenters. The van der Waals surface area contributed by atoms with Crippen LogP contribution in [0.2, 0.25) is 0 Å². The van der Waals surface area contributed by atoms with Crippen molar-refractivity contribution < 1.29 is 24.2 Å². The van der Waals surface area contributed by atoms with Crippen LogP contribution in [0.4, 0.5) is 4.79 Å². The topological polar surface area (TPSA) is 140 Å². The Hall–Kier alpha value is -3.50. The predicted molar refractivity (Wildman–Crippen MR) is 111 cm³/mol. The van der Waals surface area contributed by atoms with Crippen molar-refractivity contribution in [2.45, 2.75) is 57.7 Å². The predicted octanol–water partition coefficient (Wildman–Crippen LogP) is 1.62. The number of nitrogens with one attached hydrogen (secondary N) is 1. The van der Waals surface area contributed by atoms with Gasteiger partial charge in [-0.2, -0.15) is 5.10 Å². The first-order chi connectivity index (χ1) is 15.0. The number of aromatic nitrogens is 4. The molecule has 3 heterocycles. The molecule has 1 fully saturated rings. The summed E-state index contributed by atoms with van der Waals surface area (Å²) in [7, 11) is 1.78. The number of hydrogen-bond donors (Lipinski definition) is 2. The summed E-state index contributed by atoms with van der Waals surface area (Å²) in [5.74, 6) is -1.12. The maximum absolute atomic E-state index is 13.2. The van der Waals surface area contributed by atoms with Crippen molar-refractivity contribution in [3.8, 4) is 0 Å². The number of nitrogens with zero attached hydrogens (tertiary/aromatic N) is 5. The molecule has 0 spiro atoms. The van der Waals surface area contributed by atoms with Crippen molar-refractivity contribution >= 4 is 18.0 Å². The van der Waals surface area contributed by atoms with Crippen LogP contribution in [0.15, 0.2) is 12.4 Å². The Labute approximate surface area is 184 Å². The highest BCUT2D eigenvalue weighted by Gasteiger charge is 2.49. The molecule has 11 heteroatoms. The zero-order valence-electron chi connectivity index (χ0n) is 18.5. The van der Waals surface area contributed by atoms with Gasteiger partial charge in [0.2, 0.25) is 0 Å². The molecule has 32 heavy (non-hydrogen) atoms. The molecule has 1 aliphatic heterocycles. The molecule has 0 aromatic carbocycles. The van der Waals surface area contributed by atoms with E-state index in [4.69, 9.17) is 9.84 Å². The fraction of sp³-hybridized carbons (Fsp3) is 0.524. The van der Waals surface area contributed by atoms with E-state index in [9.17, 15) is 14.4 Å². The summed E-state index contributed by atoms with van der Waals surface area (Å²) in [6, 6.07) is 0. The van der Waals surface area contributed by atoms with Crippen LogP contribution < -0.4 is 5.32 Å². The van der Waals surface area contributed by atoms with E-state index in [1.807, 2.05) is 20.8 Å². The number of amides is 2. The van der Waals surface area contributed by atoms with Crippen LogP contribution in [0.3, 0.4) is 0 Å². The lowest BCUT2D eigenvalue weighted by molar-refractivity contribution is 0.0221. The number of carboxylic acid groups (broad SMARTS) is 1. The molecule has 2 N–H and O–H groups in total. The van der Waals surface area contributed by atoms with Gasteiger partial charge in [-0.25, -0.2) is 19.6 Å². The SMILES string of the molecule is Cn1nc(C(=O)NC2(c3ncc(C(=O)O)cn3)CC2)c2c1CCN(C(=O)OC(C)(C)C)C2. The lowest BCUT2D eigenvalue weighted by Gasteiger charge is -2.30. The zero-order chi connectivity index (χ0) is 23.3. The normalized spacial score (nSPS) is 16.8. The number of aromatic carboxylic acids is 1. The molecule has 0 radical (unpaired) electrons. The number of carbonyl (C=O) groups is 3. The first-order valence-electron chi connectivity index (χ1n) is 10.4. The van der Waals surface area contributed by atoms with E-state index < -0.39 is 23.2 Å². The summed E-state index contributed by atoms with van der Waals surface area (Å²) in [5.41, 5.74) is 0.488. The van der Waals surface area contributed by atoms with Crippen LogP contribution in [-0.2, 0) is 30.3 Å². The Kier molecular flexibility index (Phi) is 5.14. The van der Waals surface area contributed by atoms with E-state index in [0.29, 0.717) is 37.2 Å². The van der Waals surface area contributed by atoms with Crippen molar-refractivity contribution in [2.75, 3.05) is 6.54 Å². The highest BCUT2D eigenvalue weighted by molar-refractivity contribution is 5.95. The minimum atomic E-state index is -1.11. The van der Waals surface area contributed by atoms with Gasteiger partial charge in [0.1, 0.15) is 11.1 Å². The molecule has 11 nitrogen and oxygen atoms in total. The monoisotopic (exact) mass is 442 g/mol. The van der Waals surface area contributed by atoms with Gasteiger partial charge in [-0.3, -0.25) is 9.48 Å². The smallest absolute Gasteiger partial charge is 0.410 e. The highest BCUT2D eigenvalue weighted by atomic mass is 16.6. The first kappa shape index (κ1) is 21.7. The molecule has 2 aromatic heterocycles. The number of carbonyl (C=O) groups excluding carboxylic acids is 2. The van der Waals surface area contributed by atoms with Crippen molar-refractivity contribution in [1.29, 1.82) is 0 Å². The van der Waals surface area contributed by atoms with Crippen LogP contribution in [-0.4, -0.2) is 59.9 Å². The zero-order valence-corrected chi connectivity index (χ0v) is 18.5. The van der Waals surface area contributed by atoms with Gasteiger partial charge in [0.15, 0.2) is 11.5 Å². The van der Waals surface area contributed by atoms with Gasteiger partial charge >= 0.3 is 12.1 Å². The minimum Gasteiger partial charge on any atom is -0.478 e. The van der Waals surface area contributed by atoms with E-state index in [-0.39, 0.29) is 23.7 Å². The number of rotatable bonds is 4. The molecular weight excluding hydrogens is 416 g/mol. The van der Waals surface area contributed by atoms with E-state index in [1.54, 1.807) is 16.6 Å². The van der Waals surface area contributed by atoms with E-state index in [1.165, 1.54) is 12.4 Å². The molecule has 2 amide bonds. The average Bonchev–Trinajstić information content (AvgIpc) is 3.43. The van der Waals surface area contributed by atoms with Crippen molar-refractivity contribution in [3.63, 3.8) is 0 Å². The maximum Gasteiger partial charge on any atom is 0.410 e. The van der Waals surface area contributed by atoms with Gasteiger partial charge in [-0.15, -0.1) is 0 Å². The van der Waals surface area contributed by atoms with Crippen LogP contribution >= 0.6 is 0 Å². The number of ether oxygens (including phenoxy) is 1. The van der Waals surface area contributed by atoms with Gasteiger partial charge in [0, 0.05) is 43.7 Å². The van der Waals surface area contributed by atoms with Crippen LogP contribution in [0.25, 0.3) is 0 Å². The number of aryl methyl sites for hydroxylation is 1. The second-order valence-electron chi connectivity index (χ2n) is 9.19. The lowest BCUT2D eigenvalue weighted by Crippen LogP contribution is -2.41. The summed E-state index contributed by atoms with van der Waals surface area (Å²) in [6.07, 6.45) is 3.89. The van der Waals surface area contributed by atoms with E-state index >= 15 is 0 Å². The van der Waals surface area contributed by atoms with Crippen molar-refractivity contribution in [2.24, 2.45) is 7.05 Å². The van der Waals surface area contributed by atoms with E-state index in [0.717, 1.165) is 5.69 Å². The molecule has 1 saturated carbocycles. The fourth-order valence-electron chi connectivity index (χ4n) is 3.75. The van der Waals surface area contributed by atoms with Crippen LogP contribution in [0, 0.1) is 0 Å². The Bertz CT molecular complexity index is 1080. The Balaban J connectivity index is 1.53. The third-order valence-corrected chi connectivity index (χ3v) is 5.54. The van der Waals surface area contributed by atoms with Crippen molar-refractivity contribution in [3.05, 3.63) is 40.7 Å². The standard InChI is InChI=1S/C21H26N6O5/c1-20(2,3)32-19(31)27-8-5-14-13(11-27)15(25-26(14)4)16(28)24-21(6-7-21)18-22-9-12(10-23-18)17(29)30/h9-10H,5-8,11H2,1-4H3,(H,24,28)(H,29,30). The van der Waals surface area contributed by atoms with Crippen LogP contribution in [0.5, 0.6) is 0 Å². The second-order valence-corrected chi connectivity index (χ2v) is 9.19. The molecule has 2 aliphatic rings.